The van der Waals surface area contributed by atoms with Gasteiger partial charge >= 0.3 is 5.92 Å². The van der Waals surface area contributed by atoms with Crippen LogP contribution in [0.2, 0.25) is 0 Å². The number of hydrogen-bond donors (Lipinski definition) is 2. The van der Waals surface area contributed by atoms with Crippen LogP contribution in [-0.4, -0.2) is 38.5 Å². The number of pyridine rings is 1. The van der Waals surface area contributed by atoms with Crippen LogP contribution in [0.15, 0.2) is 30.5 Å². The molecule has 0 unspecified atom stereocenters. The van der Waals surface area contributed by atoms with E-state index in [0.717, 1.165) is 18.9 Å². The number of benzene rings is 1. The number of halogens is 3. The molecule has 1 saturated heterocycles. The maximum absolute atomic E-state index is 15.4. The number of aliphatic hydroxyl groups is 1. The molecule has 0 bridgehead atoms. The van der Waals surface area contributed by atoms with E-state index in [1.165, 1.54) is 12.1 Å². The lowest BCUT2D eigenvalue weighted by molar-refractivity contribution is -0.126. The van der Waals surface area contributed by atoms with Crippen LogP contribution in [0.5, 0.6) is 0 Å². The number of rotatable bonds is 7. The van der Waals surface area contributed by atoms with Crippen molar-refractivity contribution in [1.82, 2.24) is 15.0 Å². The lowest BCUT2D eigenvalue weighted by atomic mass is 9.95. The molecular weight excluding hydrogens is 476 g/mol. The summed E-state index contributed by atoms with van der Waals surface area (Å²) in [7, 11) is -2.56. The Hall–Kier alpha value is -2.51. The summed E-state index contributed by atoms with van der Waals surface area (Å²) in [6.07, 6.45) is 3.74. The molecule has 6 nitrogen and oxygen atoms in total. The van der Waals surface area contributed by atoms with Crippen molar-refractivity contribution in [2.75, 3.05) is 17.6 Å². The van der Waals surface area contributed by atoms with Gasteiger partial charge in [0.15, 0.2) is 0 Å². The van der Waals surface area contributed by atoms with Crippen LogP contribution >= 0.6 is 7.14 Å². The van der Waals surface area contributed by atoms with Gasteiger partial charge in [-0.2, -0.15) is 8.78 Å². The molecule has 3 aromatic rings. The predicted molar refractivity (Wildman–Crippen MR) is 129 cm³/mol. The number of nitrogens with one attached hydrogen (secondary N) is 1. The van der Waals surface area contributed by atoms with E-state index in [0.29, 0.717) is 53.1 Å². The summed E-state index contributed by atoms with van der Waals surface area (Å²) in [5.74, 6) is -4.39. The van der Waals surface area contributed by atoms with Crippen LogP contribution in [0.25, 0.3) is 10.9 Å². The van der Waals surface area contributed by atoms with Crippen LogP contribution in [-0.2, 0) is 10.5 Å². The molecule has 2 N–H and O–H groups in total. The zero-order chi connectivity index (χ0) is 25.0. The number of hydrogen-bond acceptors (Lipinski definition) is 6. The Morgan fingerprint density at radius 3 is 2.60 bits per heavy atom. The fraction of sp³-hybridized carbons (Fsp3) is 0.480. The monoisotopic (exact) mass is 504 g/mol. The van der Waals surface area contributed by atoms with Crippen LogP contribution < -0.4 is 10.8 Å². The number of aryl methyl sites for hydroxylation is 1. The van der Waals surface area contributed by atoms with Gasteiger partial charge < -0.3 is 15.0 Å². The molecule has 1 aliphatic carbocycles. The van der Waals surface area contributed by atoms with Crippen molar-refractivity contribution in [2.24, 2.45) is 5.92 Å². The summed E-state index contributed by atoms with van der Waals surface area (Å²) in [5.41, 5.74) is 0.313. The van der Waals surface area contributed by atoms with Gasteiger partial charge in [0.05, 0.1) is 23.3 Å². The standard InChI is InChI=1S/C25H28F3N4O2P/c1-14(17-6-5-7-19(22(17)26)25(27,28)23(33)16-8-9-16)30-24-18-12-21(35(34)10-3-4-11-35)29-13-20(18)31-15(2)32-24/h5-7,12-14,16,23,33H,3-4,8-11H2,1-2H3,(H,30,31,32)/t14-,23-/m1/s1. The van der Waals surface area contributed by atoms with Gasteiger partial charge in [-0.05, 0) is 57.6 Å². The van der Waals surface area contributed by atoms with Gasteiger partial charge in [-0.15, -0.1) is 0 Å². The number of fused-ring (bicyclic) bond motifs is 1. The molecule has 0 radical (unpaired) electrons. The highest BCUT2D eigenvalue weighted by Crippen LogP contribution is 2.50. The maximum Gasteiger partial charge on any atom is 0.301 e. The van der Waals surface area contributed by atoms with Crippen molar-refractivity contribution in [1.29, 1.82) is 0 Å². The number of alkyl halides is 2. The summed E-state index contributed by atoms with van der Waals surface area (Å²) < 4.78 is 58.5. The molecule has 1 saturated carbocycles. The first-order valence-corrected chi connectivity index (χ1v) is 14.0. The van der Waals surface area contributed by atoms with E-state index >= 15 is 4.39 Å². The second kappa shape index (κ2) is 8.86. The molecule has 1 aromatic carbocycles. The summed E-state index contributed by atoms with van der Waals surface area (Å²) in [5, 5.41) is 13.8. The Labute approximate surface area is 201 Å². The molecule has 35 heavy (non-hydrogen) atoms. The third-order valence-electron chi connectivity index (χ3n) is 7.03. The number of aromatic nitrogens is 3. The molecule has 2 fully saturated rings. The second-order valence-electron chi connectivity index (χ2n) is 9.70. The fourth-order valence-corrected chi connectivity index (χ4v) is 7.62. The average molecular weight is 504 g/mol. The second-order valence-corrected chi connectivity index (χ2v) is 12.8. The molecule has 186 valence electrons. The molecule has 0 amide bonds. The lowest BCUT2D eigenvalue weighted by Crippen LogP contribution is -2.34. The molecule has 2 atom stereocenters. The topological polar surface area (TPSA) is 88.0 Å². The highest BCUT2D eigenvalue weighted by molar-refractivity contribution is 7.71. The zero-order valence-electron chi connectivity index (χ0n) is 19.6. The molecule has 2 aromatic heterocycles. The average Bonchev–Trinajstić information content (AvgIpc) is 3.57. The van der Waals surface area contributed by atoms with E-state index in [-0.39, 0.29) is 5.56 Å². The highest BCUT2D eigenvalue weighted by atomic mass is 31.2. The lowest BCUT2D eigenvalue weighted by Gasteiger charge is -2.25. The Kier molecular flexibility index (Phi) is 6.12. The largest absolute Gasteiger partial charge is 0.386 e. The van der Waals surface area contributed by atoms with Crippen molar-refractivity contribution in [2.45, 2.75) is 57.6 Å². The van der Waals surface area contributed by atoms with Crippen molar-refractivity contribution in [3.8, 4) is 0 Å². The number of anilines is 1. The third-order valence-corrected chi connectivity index (χ3v) is 10.2. The van der Waals surface area contributed by atoms with Gasteiger partial charge in [-0.25, -0.2) is 14.4 Å². The minimum Gasteiger partial charge on any atom is -0.386 e. The molecule has 3 heterocycles. The first-order chi connectivity index (χ1) is 16.6. The van der Waals surface area contributed by atoms with Gasteiger partial charge in [-0.3, -0.25) is 4.98 Å². The van der Waals surface area contributed by atoms with Gasteiger partial charge in [-0.1, -0.05) is 12.1 Å². The van der Waals surface area contributed by atoms with Crippen molar-refractivity contribution < 1.29 is 22.8 Å². The van der Waals surface area contributed by atoms with E-state index in [1.54, 1.807) is 26.1 Å². The van der Waals surface area contributed by atoms with Crippen LogP contribution in [0.4, 0.5) is 19.0 Å². The van der Waals surface area contributed by atoms with E-state index in [9.17, 15) is 18.5 Å². The summed E-state index contributed by atoms with van der Waals surface area (Å²) in [6.45, 7) is 3.37. The van der Waals surface area contributed by atoms with Gasteiger partial charge in [0, 0.05) is 23.3 Å². The molecule has 5 rings (SSSR count). The molecule has 2 aliphatic rings. The van der Waals surface area contributed by atoms with Crippen molar-refractivity contribution in [3.05, 3.63) is 53.2 Å². The summed E-state index contributed by atoms with van der Waals surface area (Å²) >= 11 is 0. The quantitative estimate of drug-likeness (QED) is 0.425. The number of nitrogens with zero attached hydrogens (tertiary/aromatic N) is 3. The van der Waals surface area contributed by atoms with E-state index in [4.69, 9.17) is 0 Å². The summed E-state index contributed by atoms with van der Waals surface area (Å²) in [4.78, 5) is 13.3. The fourth-order valence-electron chi connectivity index (χ4n) is 4.84. The van der Waals surface area contributed by atoms with Gasteiger partial charge in [0.25, 0.3) is 0 Å². The predicted octanol–water partition coefficient (Wildman–Crippen LogP) is 5.29. The van der Waals surface area contributed by atoms with Crippen LogP contribution in [0.1, 0.15) is 55.6 Å². The van der Waals surface area contributed by atoms with E-state index in [1.807, 2.05) is 0 Å². The molecule has 10 heteroatoms. The van der Waals surface area contributed by atoms with E-state index < -0.39 is 42.5 Å². The Balaban J connectivity index is 1.50. The molecular formula is C25H28F3N4O2P. The smallest absolute Gasteiger partial charge is 0.301 e. The Bertz CT molecular complexity index is 1320. The first kappa shape index (κ1) is 24.2. The SMILES string of the molecule is Cc1nc(N[C@H](C)c2cccc(C(F)(F)[C@H](O)C3CC3)c2F)c2cc(P3(=O)CCCC3)ncc2n1. The Morgan fingerprint density at radius 1 is 1.20 bits per heavy atom. The van der Waals surface area contributed by atoms with Crippen molar-refractivity contribution >= 4 is 29.3 Å². The van der Waals surface area contributed by atoms with Crippen LogP contribution in [0, 0.1) is 18.7 Å². The normalized spacial score (nSPS) is 19.6. The van der Waals surface area contributed by atoms with E-state index in [2.05, 4.69) is 20.3 Å². The minimum atomic E-state index is -3.69. The maximum atomic E-state index is 15.4. The molecule has 0 spiro atoms. The Morgan fingerprint density at radius 2 is 1.91 bits per heavy atom. The van der Waals surface area contributed by atoms with Crippen LogP contribution in [0.3, 0.4) is 0 Å². The zero-order valence-corrected chi connectivity index (χ0v) is 20.5. The molecule has 1 aliphatic heterocycles. The van der Waals surface area contributed by atoms with Crippen molar-refractivity contribution in [3.63, 3.8) is 0 Å². The first-order valence-electron chi connectivity index (χ1n) is 11.9. The van der Waals surface area contributed by atoms with Gasteiger partial charge in [0.1, 0.15) is 36.1 Å². The number of aliphatic hydroxyl groups excluding tert-OH is 1. The van der Waals surface area contributed by atoms with Gasteiger partial charge in [0.2, 0.25) is 0 Å². The minimum absolute atomic E-state index is 0.0347. The summed E-state index contributed by atoms with van der Waals surface area (Å²) in [6, 6.07) is 4.86. The third kappa shape index (κ3) is 4.45. The highest BCUT2D eigenvalue weighted by Gasteiger charge is 2.50.